The van der Waals surface area contributed by atoms with Crippen LogP contribution in [-0.4, -0.2) is 54.3 Å². The first-order valence-electron chi connectivity index (χ1n) is 6.00. The van der Waals surface area contributed by atoms with Gasteiger partial charge < -0.3 is 14.6 Å². The molecule has 98 valence electrons. The number of imidazole rings is 1. The summed E-state index contributed by atoms with van der Waals surface area (Å²) in [6, 6.07) is 0.404. The van der Waals surface area contributed by atoms with E-state index in [0.717, 1.165) is 32.1 Å². The number of methoxy groups -OCH3 is 1. The highest BCUT2D eigenvalue weighted by Crippen LogP contribution is 1.98. The minimum absolute atomic E-state index is 0.404. The minimum atomic E-state index is 0.404. The third kappa shape index (κ3) is 5.30. The number of nitrogens with zero attached hydrogens (tertiary/aromatic N) is 3. The molecule has 1 aromatic rings. The Morgan fingerprint density at radius 1 is 1.59 bits per heavy atom. The average Bonchev–Trinajstić information content (AvgIpc) is 2.65. The second-order valence-electron chi connectivity index (χ2n) is 4.50. The van der Waals surface area contributed by atoms with Gasteiger partial charge >= 0.3 is 0 Å². The lowest BCUT2D eigenvalue weighted by Crippen LogP contribution is -2.36. The first-order chi connectivity index (χ1) is 8.13. The van der Waals surface area contributed by atoms with Crippen LogP contribution >= 0.6 is 0 Å². The predicted octanol–water partition coefficient (Wildman–Crippen LogP) is 0.476. The molecule has 0 saturated carbocycles. The minimum Gasteiger partial charge on any atom is -0.383 e. The number of nitrogens with one attached hydrogen (secondary N) is 1. The summed E-state index contributed by atoms with van der Waals surface area (Å²) in [5.74, 6) is 1.09. The molecule has 5 nitrogen and oxygen atoms in total. The van der Waals surface area contributed by atoms with Crippen LogP contribution in [0.15, 0.2) is 12.4 Å². The smallest absolute Gasteiger partial charge is 0.122 e. The van der Waals surface area contributed by atoms with Crippen LogP contribution in [0.4, 0.5) is 0 Å². The molecule has 5 heteroatoms. The van der Waals surface area contributed by atoms with Crippen LogP contribution in [0, 0.1) is 0 Å². The van der Waals surface area contributed by atoms with Crippen molar-refractivity contribution in [3.63, 3.8) is 0 Å². The molecule has 1 rings (SSSR count). The highest BCUT2D eigenvalue weighted by atomic mass is 16.5. The summed E-state index contributed by atoms with van der Waals surface area (Å²) in [6.07, 6.45) is 3.81. The molecule has 17 heavy (non-hydrogen) atoms. The van der Waals surface area contributed by atoms with Gasteiger partial charge in [0.05, 0.1) is 13.2 Å². The van der Waals surface area contributed by atoms with Gasteiger partial charge in [-0.15, -0.1) is 0 Å². The molecule has 0 aromatic carbocycles. The zero-order valence-corrected chi connectivity index (χ0v) is 11.3. The largest absolute Gasteiger partial charge is 0.383 e. The van der Waals surface area contributed by atoms with Crippen LogP contribution < -0.4 is 5.32 Å². The Morgan fingerprint density at radius 3 is 2.94 bits per heavy atom. The third-order valence-electron chi connectivity index (χ3n) is 2.74. The van der Waals surface area contributed by atoms with Gasteiger partial charge in [-0.3, -0.25) is 4.90 Å². The Hall–Kier alpha value is -0.910. The highest BCUT2D eigenvalue weighted by molar-refractivity contribution is 4.90. The van der Waals surface area contributed by atoms with Crippen LogP contribution in [0.1, 0.15) is 12.7 Å². The Kier molecular flexibility index (Phi) is 6.18. The quantitative estimate of drug-likeness (QED) is 0.717. The Morgan fingerprint density at radius 2 is 2.35 bits per heavy atom. The molecule has 0 saturated heterocycles. The summed E-state index contributed by atoms with van der Waals surface area (Å²) in [5, 5.41) is 3.41. The molecule has 0 aliphatic carbocycles. The lowest BCUT2D eigenvalue weighted by molar-refractivity contribution is 0.170. The maximum atomic E-state index is 5.07. The fourth-order valence-electron chi connectivity index (χ4n) is 1.68. The van der Waals surface area contributed by atoms with Gasteiger partial charge in [0, 0.05) is 45.7 Å². The van der Waals surface area contributed by atoms with Crippen molar-refractivity contribution < 1.29 is 4.74 Å². The van der Waals surface area contributed by atoms with Gasteiger partial charge in [0.2, 0.25) is 0 Å². The van der Waals surface area contributed by atoms with Crippen LogP contribution in [0.25, 0.3) is 0 Å². The van der Waals surface area contributed by atoms with Crippen molar-refractivity contribution in [1.29, 1.82) is 0 Å². The van der Waals surface area contributed by atoms with Gasteiger partial charge in [-0.1, -0.05) is 0 Å². The molecule has 0 aliphatic heterocycles. The number of aromatic nitrogens is 2. The van der Waals surface area contributed by atoms with Crippen LogP contribution in [-0.2, 0) is 18.3 Å². The summed E-state index contributed by atoms with van der Waals surface area (Å²) in [6.45, 7) is 5.72. The van der Waals surface area contributed by atoms with Crippen LogP contribution in [0.5, 0.6) is 0 Å². The summed E-state index contributed by atoms with van der Waals surface area (Å²) in [4.78, 5) is 6.57. The molecule has 1 N–H and O–H groups in total. The normalized spacial score (nSPS) is 13.2. The van der Waals surface area contributed by atoms with Crippen LogP contribution in [0.3, 0.4) is 0 Å². The van der Waals surface area contributed by atoms with Crippen molar-refractivity contribution in [3.05, 3.63) is 18.2 Å². The number of hydrogen-bond acceptors (Lipinski definition) is 4. The third-order valence-corrected chi connectivity index (χ3v) is 2.74. The summed E-state index contributed by atoms with van der Waals surface area (Å²) < 4.78 is 7.13. The summed E-state index contributed by atoms with van der Waals surface area (Å²) in [7, 11) is 5.86. The van der Waals surface area contributed by atoms with Crippen molar-refractivity contribution >= 4 is 0 Å². The lowest BCUT2D eigenvalue weighted by atomic mass is 10.3. The van der Waals surface area contributed by atoms with Crippen molar-refractivity contribution in [2.45, 2.75) is 19.5 Å². The topological polar surface area (TPSA) is 42.3 Å². The zero-order chi connectivity index (χ0) is 12.7. The Bertz CT molecular complexity index is 313. The fraction of sp³-hybridized carbons (Fsp3) is 0.750. The fourth-order valence-corrected chi connectivity index (χ4v) is 1.68. The van der Waals surface area contributed by atoms with Crippen molar-refractivity contribution in [2.75, 3.05) is 33.9 Å². The lowest BCUT2D eigenvalue weighted by Gasteiger charge is -2.18. The van der Waals surface area contributed by atoms with E-state index in [-0.39, 0.29) is 0 Å². The molecule has 1 heterocycles. The Labute approximate surface area is 104 Å². The number of hydrogen-bond donors (Lipinski definition) is 1. The van der Waals surface area contributed by atoms with Gasteiger partial charge in [-0.25, -0.2) is 4.98 Å². The van der Waals surface area contributed by atoms with E-state index in [4.69, 9.17) is 4.74 Å². The molecule has 0 amide bonds. The van der Waals surface area contributed by atoms with Gasteiger partial charge in [-0.05, 0) is 14.0 Å². The van der Waals surface area contributed by atoms with E-state index in [1.165, 1.54) is 0 Å². The average molecular weight is 240 g/mol. The van der Waals surface area contributed by atoms with E-state index in [1.54, 1.807) is 7.11 Å². The number of ether oxygens (including phenoxy) is 1. The molecule has 0 fully saturated rings. The molecule has 0 bridgehead atoms. The van der Waals surface area contributed by atoms with E-state index < -0.39 is 0 Å². The maximum Gasteiger partial charge on any atom is 0.122 e. The van der Waals surface area contributed by atoms with Gasteiger partial charge in [0.15, 0.2) is 0 Å². The molecular weight excluding hydrogens is 216 g/mol. The van der Waals surface area contributed by atoms with Crippen molar-refractivity contribution in [3.8, 4) is 0 Å². The monoisotopic (exact) mass is 240 g/mol. The zero-order valence-electron chi connectivity index (χ0n) is 11.3. The second kappa shape index (κ2) is 7.42. The summed E-state index contributed by atoms with van der Waals surface area (Å²) in [5.41, 5.74) is 0. The van der Waals surface area contributed by atoms with E-state index in [1.807, 2.05) is 19.4 Å². The van der Waals surface area contributed by atoms with Crippen molar-refractivity contribution in [2.24, 2.45) is 7.05 Å². The first kappa shape index (κ1) is 14.2. The number of rotatable bonds is 8. The maximum absolute atomic E-state index is 5.07. The molecule has 1 aromatic heterocycles. The molecule has 0 aliphatic rings. The standard InChI is InChI=1S/C12H24N4O/c1-11(10-17-4)13-5-7-15(2)9-12-14-6-8-16(12)3/h6,8,11,13H,5,7,9-10H2,1-4H3. The Balaban J connectivity index is 2.17. The number of likely N-dealkylation sites (N-methyl/N-ethyl adjacent to an activating group) is 1. The highest BCUT2D eigenvalue weighted by Gasteiger charge is 2.05. The van der Waals surface area contributed by atoms with E-state index >= 15 is 0 Å². The molecule has 1 unspecified atom stereocenters. The first-order valence-corrected chi connectivity index (χ1v) is 6.00. The van der Waals surface area contributed by atoms with Gasteiger partial charge in [0.25, 0.3) is 0 Å². The second-order valence-corrected chi connectivity index (χ2v) is 4.50. The molecular formula is C12H24N4O. The van der Waals surface area contributed by atoms with E-state index in [2.05, 4.69) is 33.7 Å². The number of aryl methyl sites for hydroxylation is 1. The van der Waals surface area contributed by atoms with Gasteiger partial charge in [0.1, 0.15) is 5.82 Å². The predicted molar refractivity (Wildman–Crippen MR) is 68.9 cm³/mol. The van der Waals surface area contributed by atoms with Gasteiger partial charge in [-0.2, -0.15) is 0 Å². The summed E-state index contributed by atoms with van der Waals surface area (Å²) >= 11 is 0. The van der Waals surface area contributed by atoms with E-state index in [9.17, 15) is 0 Å². The van der Waals surface area contributed by atoms with E-state index in [0.29, 0.717) is 6.04 Å². The SMILES string of the molecule is COCC(C)NCCN(C)Cc1nccn1C. The van der Waals surface area contributed by atoms with Crippen molar-refractivity contribution in [1.82, 2.24) is 19.8 Å². The molecule has 0 radical (unpaired) electrons. The molecule has 1 atom stereocenters. The molecule has 0 spiro atoms. The van der Waals surface area contributed by atoms with Crippen LogP contribution in [0.2, 0.25) is 0 Å².